The first-order chi connectivity index (χ1) is 11.6. The highest BCUT2D eigenvalue weighted by atomic mass is 16.4. The summed E-state index contributed by atoms with van der Waals surface area (Å²) in [5.74, 6) is -1.55. The van der Waals surface area contributed by atoms with Crippen LogP contribution in [0.5, 0.6) is 0 Å². The smallest absolute Gasteiger partial charge is 0.308 e. The van der Waals surface area contributed by atoms with Gasteiger partial charge in [0.15, 0.2) is 5.76 Å². The zero-order valence-electron chi connectivity index (χ0n) is 13.5. The molecule has 2 saturated heterocycles. The van der Waals surface area contributed by atoms with Gasteiger partial charge in [-0.25, -0.2) is 0 Å². The van der Waals surface area contributed by atoms with Gasteiger partial charge in [-0.1, -0.05) is 0 Å². The molecule has 7 nitrogen and oxygen atoms in total. The Morgan fingerprint density at radius 1 is 1.12 bits per heavy atom. The normalized spacial score (nSPS) is 24.7. The molecular weight excluding hydrogens is 312 g/mol. The molecule has 2 amide bonds. The Bertz CT molecular complexity index is 613. The van der Waals surface area contributed by atoms with Gasteiger partial charge in [0.25, 0.3) is 5.91 Å². The Morgan fingerprint density at radius 3 is 2.67 bits per heavy atom. The van der Waals surface area contributed by atoms with Crippen LogP contribution >= 0.6 is 0 Å². The molecular formula is C17H22N2O5. The number of nitrogens with zero attached hydrogens (tertiary/aromatic N) is 2. The number of carboxylic acid groups (broad SMARTS) is 1. The largest absolute Gasteiger partial charge is 0.481 e. The van der Waals surface area contributed by atoms with E-state index in [4.69, 9.17) is 4.42 Å². The van der Waals surface area contributed by atoms with E-state index in [0.29, 0.717) is 32.4 Å². The van der Waals surface area contributed by atoms with E-state index in [1.165, 1.54) is 6.26 Å². The lowest BCUT2D eigenvalue weighted by Crippen LogP contribution is -2.55. The van der Waals surface area contributed by atoms with Crippen molar-refractivity contribution in [1.29, 1.82) is 0 Å². The minimum Gasteiger partial charge on any atom is -0.481 e. The summed E-state index contributed by atoms with van der Waals surface area (Å²) >= 11 is 0. The third kappa shape index (κ3) is 3.29. The van der Waals surface area contributed by atoms with Crippen LogP contribution in [0.2, 0.25) is 0 Å². The molecule has 1 unspecified atom stereocenters. The Labute approximate surface area is 140 Å². The number of aliphatic carboxylic acids is 1. The van der Waals surface area contributed by atoms with E-state index in [1.807, 2.05) is 0 Å². The molecule has 1 aromatic heterocycles. The summed E-state index contributed by atoms with van der Waals surface area (Å²) in [6.45, 7) is 1.31. The summed E-state index contributed by atoms with van der Waals surface area (Å²) in [5.41, 5.74) is 0. The second kappa shape index (κ2) is 7.07. The molecule has 24 heavy (non-hydrogen) atoms. The monoisotopic (exact) mass is 334 g/mol. The number of furan rings is 1. The summed E-state index contributed by atoms with van der Waals surface area (Å²) in [6, 6.07) is 2.72. The van der Waals surface area contributed by atoms with Crippen molar-refractivity contribution in [2.24, 2.45) is 5.92 Å². The van der Waals surface area contributed by atoms with Gasteiger partial charge >= 0.3 is 5.97 Å². The number of carboxylic acids is 1. The molecule has 0 bridgehead atoms. The van der Waals surface area contributed by atoms with E-state index in [9.17, 15) is 19.5 Å². The first-order valence-electron chi connectivity index (χ1n) is 8.44. The summed E-state index contributed by atoms with van der Waals surface area (Å²) < 4.78 is 5.18. The van der Waals surface area contributed by atoms with Crippen LogP contribution in [0.3, 0.4) is 0 Å². The summed E-state index contributed by atoms with van der Waals surface area (Å²) in [4.78, 5) is 39.9. The number of carbonyl (C=O) groups is 3. The quantitative estimate of drug-likeness (QED) is 0.906. The molecule has 0 spiro atoms. The van der Waals surface area contributed by atoms with Gasteiger partial charge in [0.2, 0.25) is 5.91 Å². The third-order valence-corrected chi connectivity index (χ3v) is 4.86. The van der Waals surface area contributed by atoms with E-state index in [2.05, 4.69) is 0 Å². The molecule has 2 atom stereocenters. The van der Waals surface area contributed by atoms with E-state index in [-0.39, 0.29) is 24.1 Å². The lowest BCUT2D eigenvalue weighted by atomic mass is 9.95. The molecule has 0 aliphatic carbocycles. The van der Waals surface area contributed by atoms with Gasteiger partial charge in [0.1, 0.15) is 6.04 Å². The Balaban J connectivity index is 1.74. The maximum Gasteiger partial charge on any atom is 0.308 e. The van der Waals surface area contributed by atoms with Crippen molar-refractivity contribution in [2.75, 3.05) is 19.6 Å². The number of likely N-dealkylation sites (tertiary alicyclic amines) is 2. The second-order valence-corrected chi connectivity index (χ2v) is 6.45. The Kier molecular flexibility index (Phi) is 4.87. The van der Waals surface area contributed by atoms with Crippen molar-refractivity contribution in [2.45, 2.75) is 38.1 Å². The average molecular weight is 334 g/mol. The second-order valence-electron chi connectivity index (χ2n) is 6.45. The maximum absolute atomic E-state index is 12.9. The first kappa shape index (κ1) is 16.5. The molecule has 2 aliphatic rings. The molecule has 0 aromatic carbocycles. The highest BCUT2D eigenvalue weighted by Crippen LogP contribution is 2.24. The molecule has 3 heterocycles. The van der Waals surface area contributed by atoms with E-state index in [0.717, 1.165) is 12.8 Å². The topological polar surface area (TPSA) is 91.1 Å². The van der Waals surface area contributed by atoms with Crippen molar-refractivity contribution in [1.82, 2.24) is 9.80 Å². The predicted molar refractivity (Wildman–Crippen MR) is 84.3 cm³/mol. The van der Waals surface area contributed by atoms with Gasteiger partial charge in [-0.2, -0.15) is 0 Å². The number of amides is 2. The molecule has 7 heteroatoms. The third-order valence-electron chi connectivity index (χ3n) is 4.86. The first-order valence-corrected chi connectivity index (χ1v) is 8.44. The molecule has 0 saturated carbocycles. The lowest BCUT2D eigenvalue weighted by molar-refractivity contribution is -0.147. The van der Waals surface area contributed by atoms with Crippen LogP contribution in [0.4, 0.5) is 0 Å². The fourth-order valence-electron chi connectivity index (χ4n) is 3.56. The van der Waals surface area contributed by atoms with Crippen molar-refractivity contribution in [3.8, 4) is 0 Å². The highest BCUT2D eigenvalue weighted by molar-refractivity contribution is 5.95. The van der Waals surface area contributed by atoms with Gasteiger partial charge < -0.3 is 19.3 Å². The summed E-state index contributed by atoms with van der Waals surface area (Å²) in [6.07, 6.45) is 5.07. The molecule has 3 rings (SSSR count). The molecule has 130 valence electrons. The number of carbonyl (C=O) groups excluding carboxylic acids is 2. The number of hydrogen-bond acceptors (Lipinski definition) is 4. The van der Waals surface area contributed by atoms with E-state index >= 15 is 0 Å². The van der Waals surface area contributed by atoms with Crippen LogP contribution < -0.4 is 0 Å². The van der Waals surface area contributed by atoms with Gasteiger partial charge in [0.05, 0.1) is 12.2 Å². The number of hydrogen-bond donors (Lipinski definition) is 1. The van der Waals surface area contributed by atoms with Crippen molar-refractivity contribution in [3.05, 3.63) is 24.2 Å². The molecule has 1 aromatic rings. The van der Waals surface area contributed by atoms with Crippen LogP contribution in [-0.4, -0.2) is 58.4 Å². The summed E-state index contributed by atoms with van der Waals surface area (Å²) in [7, 11) is 0. The molecule has 2 fully saturated rings. The van der Waals surface area contributed by atoms with E-state index in [1.54, 1.807) is 21.9 Å². The maximum atomic E-state index is 12.9. The van der Waals surface area contributed by atoms with Crippen LogP contribution in [0.1, 0.15) is 42.7 Å². The molecule has 0 radical (unpaired) electrons. The van der Waals surface area contributed by atoms with Gasteiger partial charge in [-0.15, -0.1) is 0 Å². The van der Waals surface area contributed by atoms with Crippen molar-refractivity contribution in [3.63, 3.8) is 0 Å². The SMILES string of the molecule is O=C(O)[C@H]1CCCN(C(=O)C2CCCCN2C(=O)c2ccco2)C1. The van der Waals surface area contributed by atoms with Crippen molar-refractivity contribution >= 4 is 17.8 Å². The fourth-order valence-corrected chi connectivity index (χ4v) is 3.56. The fraction of sp³-hybridized carbons (Fsp3) is 0.588. The molecule has 2 aliphatic heterocycles. The zero-order chi connectivity index (χ0) is 17.1. The minimum absolute atomic E-state index is 0.138. The van der Waals surface area contributed by atoms with Gasteiger partial charge in [0, 0.05) is 19.6 Å². The van der Waals surface area contributed by atoms with E-state index < -0.39 is 17.9 Å². The molecule has 1 N–H and O–H groups in total. The Morgan fingerprint density at radius 2 is 1.96 bits per heavy atom. The number of rotatable bonds is 3. The van der Waals surface area contributed by atoms with Gasteiger partial charge in [-0.05, 0) is 44.2 Å². The van der Waals surface area contributed by atoms with Crippen LogP contribution in [-0.2, 0) is 9.59 Å². The minimum atomic E-state index is -0.861. The van der Waals surface area contributed by atoms with Crippen molar-refractivity contribution < 1.29 is 23.9 Å². The van der Waals surface area contributed by atoms with Gasteiger partial charge in [-0.3, -0.25) is 14.4 Å². The standard InChI is InChI=1S/C17H22N2O5/c20-15(18-8-3-5-12(11-18)17(22)23)13-6-1-2-9-19(13)16(21)14-7-4-10-24-14/h4,7,10,12-13H,1-3,5-6,8-9,11H2,(H,22,23)/t12-,13?/m0/s1. The predicted octanol–water partition coefficient (Wildman–Crippen LogP) is 1.60. The zero-order valence-corrected chi connectivity index (χ0v) is 13.5. The highest BCUT2D eigenvalue weighted by Gasteiger charge is 2.38. The number of piperidine rings is 2. The lowest BCUT2D eigenvalue weighted by Gasteiger charge is -2.39. The van der Waals surface area contributed by atoms with Crippen LogP contribution in [0, 0.1) is 5.92 Å². The van der Waals surface area contributed by atoms with Crippen LogP contribution in [0.15, 0.2) is 22.8 Å². The average Bonchev–Trinajstić information content (AvgIpc) is 3.15. The van der Waals surface area contributed by atoms with Crippen LogP contribution in [0.25, 0.3) is 0 Å². The summed E-state index contributed by atoms with van der Waals surface area (Å²) in [5, 5.41) is 9.20. The Hall–Kier alpha value is -2.31.